The molecule has 15 heavy (non-hydrogen) atoms. The number of fused-ring (bicyclic) bond motifs is 1. The molecule has 1 unspecified atom stereocenters. The van der Waals surface area contributed by atoms with E-state index in [0.29, 0.717) is 10.0 Å². The predicted octanol–water partition coefficient (Wildman–Crippen LogP) is 3.83. The van der Waals surface area contributed by atoms with Crippen molar-refractivity contribution in [1.82, 2.24) is 0 Å². The molecule has 0 aromatic heterocycles. The maximum atomic E-state index is 11.7. The van der Waals surface area contributed by atoms with Crippen LogP contribution in [0.2, 0.25) is 10.0 Å². The minimum absolute atomic E-state index is 0.0241. The maximum absolute atomic E-state index is 11.7. The molecule has 0 aliphatic carbocycles. The van der Waals surface area contributed by atoms with Crippen LogP contribution < -0.4 is 5.32 Å². The molecule has 0 spiro atoms. The summed E-state index contributed by atoms with van der Waals surface area (Å²) in [6.45, 7) is 2.05. The molecule has 0 bridgehead atoms. The van der Waals surface area contributed by atoms with Crippen molar-refractivity contribution in [2.75, 3.05) is 5.32 Å². The van der Waals surface area contributed by atoms with E-state index < -0.39 is 0 Å². The van der Waals surface area contributed by atoms with Gasteiger partial charge in [-0.1, -0.05) is 36.5 Å². The van der Waals surface area contributed by atoms with E-state index in [9.17, 15) is 4.79 Å². The lowest BCUT2D eigenvalue weighted by molar-refractivity contribution is -0.117. The van der Waals surface area contributed by atoms with E-state index in [1.165, 1.54) is 0 Å². The molecular weight excluding hydrogens is 233 g/mol. The number of amides is 1. The van der Waals surface area contributed by atoms with Gasteiger partial charge >= 0.3 is 0 Å². The largest absolute Gasteiger partial charge is 0.324 e. The first-order chi connectivity index (χ1) is 7.13. The summed E-state index contributed by atoms with van der Waals surface area (Å²) in [5.74, 6) is -0.0720. The minimum Gasteiger partial charge on any atom is -0.324 e. The molecular formula is C11H11Cl2NO. The van der Waals surface area contributed by atoms with Crippen LogP contribution in [0.15, 0.2) is 12.1 Å². The van der Waals surface area contributed by atoms with Gasteiger partial charge in [0.15, 0.2) is 0 Å². The predicted molar refractivity (Wildman–Crippen MR) is 62.7 cm³/mol. The first-order valence-corrected chi connectivity index (χ1v) is 5.69. The Kier molecular flexibility index (Phi) is 2.89. The average molecular weight is 244 g/mol. The summed E-state index contributed by atoms with van der Waals surface area (Å²) in [6, 6.07) is 3.47. The number of rotatable bonds is 2. The molecule has 2 nitrogen and oxygen atoms in total. The highest BCUT2D eigenvalue weighted by atomic mass is 35.5. The molecule has 1 aromatic rings. The third-order valence-corrected chi connectivity index (χ3v) is 3.12. The molecule has 1 amide bonds. The molecule has 0 fully saturated rings. The third kappa shape index (κ3) is 1.84. The normalized spacial score (nSPS) is 18.9. The Morgan fingerprint density at radius 3 is 2.80 bits per heavy atom. The SMILES string of the molecule is CCCC1C(=O)Nc2c(Cl)cc(Cl)cc21. The summed E-state index contributed by atoms with van der Waals surface area (Å²) in [5.41, 5.74) is 1.66. The monoisotopic (exact) mass is 243 g/mol. The van der Waals surface area contributed by atoms with Gasteiger partial charge in [-0.2, -0.15) is 0 Å². The van der Waals surface area contributed by atoms with Gasteiger partial charge in [-0.15, -0.1) is 0 Å². The fourth-order valence-electron chi connectivity index (χ4n) is 1.93. The standard InChI is InChI=1S/C11H11Cl2NO/c1-2-3-7-8-4-6(12)5-9(13)10(8)14-11(7)15/h4-5,7H,2-3H2,1H3,(H,14,15). The summed E-state index contributed by atoms with van der Waals surface area (Å²) in [4.78, 5) is 11.7. The zero-order valence-electron chi connectivity index (χ0n) is 8.31. The molecule has 0 saturated heterocycles. The lowest BCUT2D eigenvalue weighted by atomic mass is 9.96. The molecule has 0 saturated carbocycles. The van der Waals surface area contributed by atoms with Gasteiger partial charge in [-0.3, -0.25) is 4.79 Å². The Morgan fingerprint density at radius 2 is 2.13 bits per heavy atom. The van der Waals surface area contributed by atoms with Gasteiger partial charge in [-0.05, 0) is 24.1 Å². The van der Waals surface area contributed by atoms with E-state index in [2.05, 4.69) is 12.2 Å². The number of benzene rings is 1. The van der Waals surface area contributed by atoms with Gasteiger partial charge in [0.05, 0.1) is 16.6 Å². The van der Waals surface area contributed by atoms with Crippen LogP contribution in [0.1, 0.15) is 31.2 Å². The first kappa shape index (κ1) is 10.8. The van der Waals surface area contributed by atoms with Crippen molar-refractivity contribution in [3.63, 3.8) is 0 Å². The van der Waals surface area contributed by atoms with Crippen molar-refractivity contribution in [1.29, 1.82) is 0 Å². The Balaban J connectivity index is 2.48. The number of nitrogens with one attached hydrogen (secondary N) is 1. The highest BCUT2D eigenvalue weighted by Gasteiger charge is 2.31. The van der Waals surface area contributed by atoms with Crippen LogP contribution in [0.4, 0.5) is 5.69 Å². The zero-order chi connectivity index (χ0) is 11.0. The van der Waals surface area contributed by atoms with E-state index in [0.717, 1.165) is 24.1 Å². The number of anilines is 1. The second-order valence-corrected chi connectivity index (χ2v) is 4.53. The topological polar surface area (TPSA) is 29.1 Å². The van der Waals surface area contributed by atoms with Gasteiger partial charge in [0.1, 0.15) is 0 Å². The van der Waals surface area contributed by atoms with E-state index in [1.54, 1.807) is 6.07 Å². The second-order valence-electron chi connectivity index (χ2n) is 3.68. The molecule has 4 heteroatoms. The maximum Gasteiger partial charge on any atom is 0.232 e. The highest BCUT2D eigenvalue weighted by Crippen LogP contribution is 2.41. The number of halogens is 2. The molecule has 2 rings (SSSR count). The Bertz CT molecular complexity index is 417. The van der Waals surface area contributed by atoms with E-state index in [4.69, 9.17) is 23.2 Å². The Labute approximate surface area is 98.6 Å². The van der Waals surface area contributed by atoms with Crippen LogP contribution >= 0.6 is 23.2 Å². The Morgan fingerprint density at radius 1 is 1.40 bits per heavy atom. The fraction of sp³-hybridized carbons (Fsp3) is 0.364. The summed E-state index contributed by atoms with van der Waals surface area (Å²) < 4.78 is 0. The highest BCUT2D eigenvalue weighted by molar-refractivity contribution is 6.37. The summed E-state index contributed by atoms with van der Waals surface area (Å²) in [6.07, 6.45) is 1.79. The summed E-state index contributed by atoms with van der Waals surface area (Å²) in [5, 5.41) is 3.90. The van der Waals surface area contributed by atoms with Crippen molar-refractivity contribution < 1.29 is 4.79 Å². The summed E-state index contributed by atoms with van der Waals surface area (Å²) >= 11 is 11.9. The average Bonchev–Trinajstić information content (AvgIpc) is 2.46. The number of hydrogen-bond acceptors (Lipinski definition) is 1. The lowest BCUT2D eigenvalue weighted by Crippen LogP contribution is -2.11. The van der Waals surface area contributed by atoms with Gasteiger partial charge < -0.3 is 5.32 Å². The van der Waals surface area contributed by atoms with Gasteiger partial charge in [0, 0.05) is 5.02 Å². The zero-order valence-corrected chi connectivity index (χ0v) is 9.82. The van der Waals surface area contributed by atoms with E-state index in [1.807, 2.05) is 6.07 Å². The van der Waals surface area contributed by atoms with Crippen LogP contribution in [0.5, 0.6) is 0 Å². The molecule has 1 aliphatic heterocycles. The number of carbonyl (C=O) groups excluding carboxylic acids is 1. The van der Waals surface area contributed by atoms with E-state index in [-0.39, 0.29) is 11.8 Å². The van der Waals surface area contributed by atoms with Crippen molar-refractivity contribution in [3.05, 3.63) is 27.7 Å². The quantitative estimate of drug-likeness (QED) is 0.841. The molecule has 0 radical (unpaired) electrons. The van der Waals surface area contributed by atoms with Crippen LogP contribution in [0.25, 0.3) is 0 Å². The van der Waals surface area contributed by atoms with Crippen LogP contribution in [-0.4, -0.2) is 5.91 Å². The van der Waals surface area contributed by atoms with Crippen molar-refractivity contribution in [3.8, 4) is 0 Å². The smallest absolute Gasteiger partial charge is 0.232 e. The molecule has 80 valence electrons. The molecule has 1 N–H and O–H groups in total. The summed E-state index contributed by atoms with van der Waals surface area (Å²) in [7, 11) is 0. The van der Waals surface area contributed by atoms with Crippen molar-refractivity contribution in [2.45, 2.75) is 25.7 Å². The number of carbonyl (C=O) groups is 1. The van der Waals surface area contributed by atoms with E-state index >= 15 is 0 Å². The van der Waals surface area contributed by atoms with Gasteiger partial charge in [-0.25, -0.2) is 0 Å². The fourth-order valence-corrected chi connectivity index (χ4v) is 2.48. The van der Waals surface area contributed by atoms with Crippen molar-refractivity contribution in [2.24, 2.45) is 0 Å². The van der Waals surface area contributed by atoms with Gasteiger partial charge in [0.2, 0.25) is 5.91 Å². The van der Waals surface area contributed by atoms with Gasteiger partial charge in [0.25, 0.3) is 0 Å². The molecule has 1 aliphatic rings. The molecule has 1 heterocycles. The second kappa shape index (κ2) is 4.03. The van der Waals surface area contributed by atoms with Crippen LogP contribution in [-0.2, 0) is 4.79 Å². The molecule has 1 atom stereocenters. The van der Waals surface area contributed by atoms with Crippen molar-refractivity contribution >= 4 is 34.8 Å². The number of hydrogen-bond donors (Lipinski definition) is 1. The van der Waals surface area contributed by atoms with Crippen LogP contribution in [0.3, 0.4) is 0 Å². The lowest BCUT2D eigenvalue weighted by Gasteiger charge is -2.07. The first-order valence-electron chi connectivity index (χ1n) is 4.93. The third-order valence-electron chi connectivity index (χ3n) is 2.60. The van der Waals surface area contributed by atoms with Crippen LogP contribution in [0, 0.1) is 0 Å². The molecule has 1 aromatic carbocycles. The minimum atomic E-state index is -0.0961. The Hall–Kier alpha value is -0.730.